The predicted molar refractivity (Wildman–Crippen MR) is 65.7 cm³/mol. The van der Waals surface area contributed by atoms with E-state index in [9.17, 15) is 4.79 Å². The maximum atomic E-state index is 12.0. The Morgan fingerprint density at radius 3 is 2.94 bits per heavy atom. The van der Waals surface area contributed by atoms with Gasteiger partial charge < -0.3 is 10.1 Å². The van der Waals surface area contributed by atoms with Crippen molar-refractivity contribution in [2.45, 2.75) is 19.5 Å². The van der Waals surface area contributed by atoms with Crippen molar-refractivity contribution in [3.05, 3.63) is 24.3 Å². The van der Waals surface area contributed by atoms with Gasteiger partial charge in [-0.3, -0.25) is 19.7 Å². The van der Waals surface area contributed by atoms with Gasteiger partial charge in [0.1, 0.15) is 0 Å². The molecule has 1 atom stereocenters. The highest BCUT2D eigenvalue weighted by Gasteiger charge is 2.22. The van der Waals surface area contributed by atoms with Crippen LogP contribution in [0.15, 0.2) is 18.6 Å². The molecule has 1 unspecified atom stereocenters. The molecule has 0 saturated carbocycles. The molecule has 2 rings (SSSR count). The van der Waals surface area contributed by atoms with Gasteiger partial charge >= 0.3 is 0 Å². The first-order valence-corrected chi connectivity index (χ1v) is 6.12. The smallest absolute Gasteiger partial charge is 0.237 e. The average Bonchev–Trinajstić information content (AvgIpc) is 2.46. The van der Waals surface area contributed by atoms with Gasteiger partial charge in [-0.2, -0.15) is 0 Å². The number of morpholine rings is 1. The van der Waals surface area contributed by atoms with Crippen LogP contribution in [0.5, 0.6) is 0 Å². The Morgan fingerprint density at radius 1 is 1.50 bits per heavy atom. The molecule has 1 aliphatic heterocycles. The van der Waals surface area contributed by atoms with Gasteiger partial charge in [0.2, 0.25) is 5.91 Å². The van der Waals surface area contributed by atoms with E-state index < -0.39 is 0 Å². The molecule has 1 amide bonds. The Kier molecular flexibility index (Phi) is 4.60. The van der Waals surface area contributed by atoms with Crippen LogP contribution in [0, 0.1) is 0 Å². The van der Waals surface area contributed by atoms with Crippen LogP contribution in [0.1, 0.15) is 12.6 Å². The Bertz CT molecular complexity index is 379. The SMILES string of the molecule is CC(C(=O)NCc1cnccn1)N1CCOCC1. The average molecular weight is 250 g/mol. The number of nitrogens with zero attached hydrogens (tertiary/aromatic N) is 3. The molecule has 1 N–H and O–H groups in total. The fraction of sp³-hybridized carbons (Fsp3) is 0.583. The monoisotopic (exact) mass is 250 g/mol. The molecule has 98 valence electrons. The van der Waals surface area contributed by atoms with Crippen LogP contribution >= 0.6 is 0 Å². The lowest BCUT2D eigenvalue weighted by Crippen LogP contribution is -2.49. The quantitative estimate of drug-likeness (QED) is 0.802. The summed E-state index contributed by atoms with van der Waals surface area (Å²) >= 11 is 0. The summed E-state index contributed by atoms with van der Waals surface area (Å²) in [6, 6.07) is -0.134. The van der Waals surface area contributed by atoms with E-state index in [0.717, 1.165) is 18.8 Å². The van der Waals surface area contributed by atoms with Crippen LogP contribution in [0.25, 0.3) is 0 Å². The lowest BCUT2D eigenvalue weighted by molar-refractivity contribution is -0.127. The van der Waals surface area contributed by atoms with E-state index in [1.807, 2.05) is 6.92 Å². The molecule has 0 aromatic carbocycles. The Morgan fingerprint density at radius 2 is 2.28 bits per heavy atom. The number of hydrogen-bond acceptors (Lipinski definition) is 5. The van der Waals surface area contributed by atoms with E-state index in [1.54, 1.807) is 18.6 Å². The molecular weight excluding hydrogens is 232 g/mol. The lowest BCUT2D eigenvalue weighted by atomic mass is 10.2. The summed E-state index contributed by atoms with van der Waals surface area (Å²) in [4.78, 5) is 22.2. The maximum absolute atomic E-state index is 12.0. The van der Waals surface area contributed by atoms with Crippen molar-refractivity contribution in [1.82, 2.24) is 20.2 Å². The normalized spacial score (nSPS) is 18.3. The van der Waals surface area contributed by atoms with Crippen molar-refractivity contribution < 1.29 is 9.53 Å². The number of aromatic nitrogens is 2. The first-order valence-electron chi connectivity index (χ1n) is 6.12. The van der Waals surface area contributed by atoms with Crippen molar-refractivity contribution in [2.75, 3.05) is 26.3 Å². The zero-order valence-corrected chi connectivity index (χ0v) is 10.5. The van der Waals surface area contributed by atoms with Gasteiger partial charge in [-0.25, -0.2) is 0 Å². The summed E-state index contributed by atoms with van der Waals surface area (Å²) in [5.74, 6) is 0.0163. The molecule has 2 heterocycles. The second kappa shape index (κ2) is 6.42. The Hall–Kier alpha value is -1.53. The van der Waals surface area contributed by atoms with Gasteiger partial charge in [-0.15, -0.1) is 0 Å². The summed E-state index contributed by atoms with van der Waals surface area (Å²) < 4.78 is 5.27. The maximum Gasteiger partial charge on any atom is 0.237 e. The van der Waals surface area contributed by atoms with Crippen molar-refractivity contribution in [2.24, 2.45) is 0 Å². The number of hydrogen-bond donors (Lipinski definition) is 1. The fourth-order valence-electron chi connectivity index (χ4n) is 1.88. The zero-order valence-electron chi connectivity index (χ0n) is 10.5. The second-order valence-corrected chi connectivity index (χ2v) is 4.24. The van der Waals surface area contributed by atoms with Crippen molar-refractivity contribution in [1.29, 1.82) is 0 Å². The third-order valence-corrected chi connectivity index (χ3v) is 3.03. The highest BCUT2D eigenvalue weighted by molar-refractivity contribution is 5.81. The van der Waals surface area contributed by atoms with Crippen LogP contribution < -0.4 is 5.32 Å². The van der Waals surface area contributed by atoms with Crippen molar-refractivity contribution in [3.8, 4) is 0 Å². The van der Waals surface area contributed by atoms with E-state index >= 15 is 0 Å². The van der Waals surface area contributed by atoms with Crippen LogP contribution in [0.4, 0.5) is 0 Å². The number of amides is 1. The van der Waals surface area contributed by atoms with Crippen molar-refractivity contribution >= 4 is 5.91 Å². The van der Waals surface area contributed by atoms with Crippen LogP contribution in [-0.2, 0) is 16.1 Å². The van der Waals surface area contributed by atoms with Gasteiger partial charge in [0.05, 0.1) is 37.7 Å². The van der Waals surface area contributed by atoms with Gasteiger partial charge in [-0.05, 0) is 6.92 Å². The first kappa shape index (κ1) is 12.9. The second-order valence-electron chi connectivity index (χ2n) is 4.24. The van der Waals surface area contributed by atoms with E-state index in [0.29, 0.717) is 19.8 Å². The van der Waals surface area contributed by atoms with E-state index in [2.05, 4.69) is 20.2 Å². The molecule has 0 bridgehead atoms. The van der Waals surface area contributed by atoms with E-state index in [4.69, 9.17) is 4.74 Å². The predicted octanol–water partition coefficient (Wildman–Crippen LogP) is -0.187. The number of carbonyl (C=O) groups is 1. The third kappa shape index (κ3) is 3.48. The van der Waals surface area contributed by atoms with Gasteiger partial charge in [-0.1, -0.05) is 0 Å². The minimum atomic E-state index is -0.134. The fourth-order valence-corrected chi connectivity index (χ4v) is 1.88. The number of rotatable bonds is 4. The van der Waals surface area contributed by atoms with Gasteiger partial charge in [0.25, 0.3) is 0 Å². The molecule has 18 heavy (non-hydrogen) atoms. The number of ether oxygens (including phenoxy) is 1. The molecular formula is C12H18N4O2. The first-order chi connectivity index (χ1) is 8.77. The summed E-state index contributed by atoms with van der Waals surface area (Å²) in [6.07, 6.45) is 4.88. The molecule has 0 radical (unpaired) electrons. The topological polar surface area (TPSA) is 67.4 Å². The minimum Gasteiger partial charge on any atom is -0.379 e. The van der Waals surface area contributed by atoms with E-state index in [-0.39, 0.29) is 11.9 Å². The molecule has 1 fully saturated rings. The summed E-state index contributed by atoms with van der Waals surface area (Å²) in [5.41, 5.74) is 0.764. The molecule has 0 aliphatic carbocycles. The minimum absolute atomic E-state index is 0.0163. The number of nitrogens with one attached hydrogen (secondary N) is 1. The van der Waals surface area contributed by atoms with Crippen LogP contribution in [0.3, 0.4) is 0 Å². The van der Waals surface area contributed by atoms with Crippen molar-refractivity contribution in [3.63, 3.8) is 0 Å². The standard InChI is InChI=1S/C12H18N4O2/c1-10(16-4-6-18-7-5-16)12(17)15-9-11-8-13-2-3-14-11/h2-3,8,10H,4-7,9H2,1H3,(H,15,17). The zero-order chi connectivity index (χ0) is 12.8. The third-order valence-electron chi connectivity index (χ3n) is 3.03. The highest BCUT2D eigenvalue weighted by Crippen LogP contribution is 2.03. The largest absolute Gasteiger partial charge is 0.379 e. The molecule has 6 nitrogen and oxygen atoms in total. The molecule has 1 aromatic heterocycles. The lowest BCUT2D eigenvalue weighted by Gasteiger charge is -2.31. The van der Waals surface area contributed by atoms with E-state index in [1.165, 1.54) is 0 Å². The van der Waals surface area contributed by atoms with Crippen LogP contribution in [0.2, 0.25) is 0 Å². The van der Waals surface area contributed by atoms with Gasteiger partial charge in [0.15, 0.2) is 0 Å². The Balaban J connectivity index is 1.80. The molecule has 1 saturated heterocycles. The number of carbonyl (C=O) groups excluding carboxylic acids is 1. The molecule has 6 heteroatoms. The molecule has 0 spiro atoms. The summed E-state index contributed by atoms with van der Waals surface area (Å²) in [7, 11) is 0. The van der Waals surface area contributed by atoms with Crippen LogP contribution in [-0.4, -0.2) is 53.1 Å². The summed E-state index contributed by atoms with van der Waals surface area (Å²) in [5, 5.41) is 2.87. The molecule has 1 aromatic rings. The Labute approximate surface area is 106 Å². The molecule has 1 aliphatic rings. The summed E-state index contributed by atoms with van der Waals surface area (Å²) in [6.45, 7) is 5.34. The van der Waals surface area contributed by atoms with Gasteiger partial charge in [0, 0.05) is 25.5 Å². The highest BCUT2D eigenvalue weighted by atomic mass is 16.5.